The van der Waals surface area contributed by atoms with Gasteiger partial charge in [-0.1, -0.05) is 80.3 Å². The zero-order valence-electron chi connectivity index (χ0n) is 16.9. The summed E-state index contributed by atoms with van der Waals surface area (Å²) in [6.07, 6.45) is 2.43. The summed E-state index contributed by atoms with van der Waals surface area (Å²) in [4.78, 5) is 27.9. The van der Waals surface area contributed by atoms with Gasteiger partial charge in [0.05, 0.1) is 4.91 Å². The lowest BCUT2D eigenvalue weighted by molar-refractivity contribution is -0.134. The second kappa shape index (κ2) is 9.91. The van der Waals surface area contributed by atoms with Crippen molar-refractivity contribution in [3.05, 3.63) is 70.6 Å². The van der Waals surface area contributed by atoms with Gasteiger partial charge in [-0.25, -0.2) is 0 Å². The lowest BCUT2D eigenvalue weighted by atomic mass is 10.0. The van der Waals surface area contributed by atoms with Crippen LogP contribution in [0.2, 0.25) is 0 Å². The summed E-state index contributed by atoms with van der Waals surface area (Å²) in [6, 6.07) is 15.8. The van der Waals surface area contributed by atoms with Crippen molar-refractivity contribution in [1.82, 2.24) is 10.2 Å². The highest BCUT2D eigenvalue weighted by Crippen LogP contribution is 2.35. The molecule has 1 heterocycles. The van der Waals surface area contributed by atoms with Crippen molar-refractivity contribution in [1.29, 1.82) is 0 Å². The first kappa shape index (κ1) is 22.1. The van der Waals surface area contributed by atoms with Crippen LogP contribution in [0.15, 0.2) is 59.5 Å². The highest BCUT2D eigenvalue weighted by molar-refractivity contribution is 8.26. The molecule has 0 radical (unpaired) electrons. The van der Waals surface area contributed by atoms with Crippen LogP contribution in [-0.4, -0.2) is 38.7 Å². The van der Waals surface area contributed by atoms with E-state index in [-0.39, 0.29) is 23.5 Å². The summed E-state index contributed by atoms with van der Waals surface area (Å²) in [5.41, 5.74) is 1.92. The summed E-state index contributed by atoms with van der Waals surface area (Å²) in [5, 5.41) is 12.3. The van der Waals surface area contributed by atoms with E-state index in [1.807, 2.05) is 56.3 Å². The minimum absolute atomic E-state index is 0.0998. The maximum absolute atomic E-state index is 13.0. The molecule has 1 atom stereocenters. The number of hydrogen-bond acceptors (Lipinski definition) is 5. The number of carbonyl (C=O) groups excluding carboxylic acids is 2. The SMILES string of the molecule is CC(C)[C@H](C(=O)NCCc1ccc(O)cc1)N1C(=O)/C(=C/c2ccccc2)SC1=S. The van der Waals surface area contributed by atoms with Crippen LogP contribution in [0.5, 0.6) is 5.75 Å². The average molecular weight is 441 g/mol. The van der Waals surface area contributed by atoms with Gasteiger partial charge in [-0.05, 0) is 41.7 Å². The number of thiocarbonyl (C=S) groups is 1. The normalized spacial score (nSPS) is 16.4. The zero-order valence-corrected chi connectivity index (χ0v) is 18.5. The zero-order chi connectivity index (χ0) is 21.7. The first-order valence-corrected chi connectivity index (χ1v) is 11.0. The van der Waals surface area contributed by atoms with Crippen molar-refractivity contribution in [2.75, 3.05) is 6.54 Å². The predicted octanol–water partition coefficient (Wildman–Crippen LogP) is 3.98. The van der Waals surface area contributed by atoms with E-state index in [2.05, 4.69) is 5.32 Å². The molecule has 2 N–H and O–H groups in total. The fourth-order valence-electron chi connectivity index (χ4n) is 3.24. The van der Waals surface area contributed by atoms with E-state index < -0.39 is 6.04 Å². The van der Waals surface area contributed by atoms with E-state index in [1.54, 1.807) is 18.2 Å². The van der Waals surface area contributed by atoms with Gasteiger partial charge in [0, 0.05) is 6.54 Å². The molecule has 0 spiro atoms. The van der Waals surface area contributed by atoms with Gasteiger partial charge in [-0.3, -0.25) is 14.5 Å². The summed E-state index contributed by atoms with van der Waals surface area (Å²) in [5.74, 6) is -0.347. The number of amides is 2. The van der Waals surface area contributed by atoms with Crippen molar-refractivity contribution in [3.63, 3.8) is 0 Å². The largest absolute Gasteiger partial charge is 0.508 e. The average Bonchev–Trinajstić information content (AvgIpc) is 2.98. The van der Waals surface area contributed by atoms with Gasteiger partial charge in [-0.15, -0.1) is 0 Å². The molecule has 2 amide bonds. The molecular formula is C23H24N2O3S2. The molecule has 30 heavy (non-hydrogen) atoms. The van der Waals surface area contributed by atoms with Gasteiger partial charge < -0.3 is 10.4 Å². The number of carbonyl (C=O) groups is 2. The van der Waals surface area contributed by atoms with Crippen LogP contribution in [0.3, 0.4) is 0 Å². The van der Waals surface area contributed by atoms with Crippen molar-refractivity contribution in [2.45, 2.75) is 26.3 Å². The number of nitrogens with one attached hydrogen (secondary N) is 1. The smallest absolute Gasteiger partial charge is 0.266 e. The second-order valence-electron chi connectivity index (χ2n) is 7.36. The van der Waals surface area contributed by atoms with E-state index >= 15 is 0 Å². The molecule has 0 aromatic heterocycles. The highest BCUT2D eigenvalue weighted by atomic mass is 32.2. The number of benzene rings is 2. The van der Waals surface area contributed by atoms with Crippen LogP contribution in [0.1, 0.15) is 25.0 Å². The van der Waals surface area contributed by atoms with Gasteiger partial charge >= 0.3 is 0 Å². The molecule has 5 nitrogen and oxygen atoms in total. The summed E-state index contributed by atoms with van der Waals surface area (Å²) in [7, 11) is 0. The van der Waals surface area contributed by atoms with Crippen molar-refractivity contribution >= 4 is 46.2 Å². The van der Waals surface area contributed by atoms with Gasteiger partial charge in [0.15, 0.2) is 0 Å². The second-order valence-corrected chi connectivity index (χ2v) is 9.03. The molecular weight excluding hydrogens is 416 g/mol. The number of rotatable bonds is 7. The maximum Gasteiger partial charge on any atom is 0.266 e. The molecule has 156 valence electrons. The highest BCUT2D eigenvalue weighted by Gasteiger charge is 2.41. The molecule has 1 aliphatic heterocycles. The third-order valence-electron chi connectivity index (χ3n) is 4.75. The van der Waals surface area contributed by atoms with Gasteiger partial charge in [0.1, 0.15) is 16.1 Å². The Bertz CT molecular complexity index is 956. The van der Waals surface area contributed by atoms with Crippen molar-refractivity contribution < 1.29 is 14.7 Å². The Morgan fingerprint density at radius 1 is 1.17 bits per heavy atom. The Morgan fingerprint density at radius 3 is 2.47 bits per heavy atom. The van der Waals surface area contributed by atoms with Crippen molar-refractivity contribution in [3.8, 4) is 5.75 Å². The molecule has 0 aliphatic carbocycles. The Labute approximate surface area is 186 Å². The lowest BCUT2D eigenvalue weighted by Crippen LogP contribution is -2.51. The monoisotopic (exact) mass is 440 g/mol. The van der Waals surface area contributed by atoms with E-state index in [1.165, 1.54) is 16.7 Å². The van der Waals surface area contributed by atoms with Crippen LogP contribution >= 0.6 is 24.0 Å². The van der Waals surface area contributed by atoms with Crippen LogP contribution < -0.4 is 5.32 Å². The summed E-state index contributed by atoms with van der Waals surface area (Å²) >= 11 is 6.68. The van der Waals surface area contributed by atoms with Gasteiger partial charge in [-0.2, -0.15) is 0 Å². The topological polar surface area (TPSA) is 69.6 Å². The minimum atomic E-state index is -0.668. The molecule has 0 saturated carbocycles. The van der Waals surface area contributed by atoms with E-state index in [9.17, 15) is 14.7 Å². The first-order chi connectivity index (χ1) is 14.4. The Morgan fingerprint density at radius 2 is 1.83 bits per heavy atom. The van der Waals surface area contributed by atoms with Gasteiger partial charge in [0.25, 0.3) is 5.91 Å². The fourth-order valence-corrected chi connectivity index (χ4v) is 4.57. The molecule has 1 fully saturated rings. The lowest BCUT2D eigenvalue weighted by Gasteiger charge is -2.29. The summed E-state index contributed by atoms with van der Waals surface area (Å²) < 4.78 is 0.398. The third kappa shape index (κ3) is 5.29. The van der Waals surface area contributed by atoms with E-state index in [0.717, 1.165) is 11.1 Å². The molecule has 0 bridgehead atoms. The molecule has 3 rings (SSSR count). The number of phenolic OH excluding ortho intramolecular Hbond substituents is 1. The van der Waals surface area contributed by atoms with Crippen LogP contribution in [-0.2, 0) is 16.0 Å². The molecule has 2 aromatic carbocycles. The predicted molar refractivity (Wildman–Crippen MR) is 125 cm³/mol. The number of nitrogens with zero attached hydrogens (tertiary/aromatic N) is 1. The standard InChI is InChI=1S/C23H24N2O3S2/c1-15(2)20(21(27)24-13-12-16-8-10-18(26)11-9-16)25-22(28)19(30-23(25)29)14-17-6-4-3-5-7-17/h3-11,14-15,20,26H,12-13H2,1-2H3,(H,24,27)/b19-14-/t20-/m1/s1. The summed E-state index contributed by atoms with van der Waals surface area (Å²) in [6.45, 7) is 4.24. The fraction of sp³-hybridized carbons (Fsp3) is 0.261. The number of phenols is 1. The number of aromatic hydroxyl groups is 1. The Hall–Kier alpha value is -2.64. The Balaban J connectivity index is 1.69. The minimum Gasteiger partial charge on any atom is -0.508 e. The number of hydrogen-bond donors (Lipinski definition) is 2. The Kier molecular flexibility index (Phi) is 7.29. The molecule has 2 aromatic rings. The molecule has 1 aliphatic rings. The molecule has 7 heteroatoms. The van der Waals surface area contributed by atoms with E-state index in [0.29, 0.717) is 22.2 Å². The van der Waals surface area contributed by atoms with Crippen molar-refractivity contribution in [2.24, 2.45) is 5.92 Å². The third-order valence-corrected chi connectivity index (χ3v) is 6.08. The first-order valence-electron chi connectivity index (χ1n) is 9.74. The van der Waals surface area contributed by atoms with Crippen LogP contribution in [0.25, 0.3) is 6.08 Å². The maximum atomic E-state index is 13.0. The van der Waals surface area contributed by atoms with Crippen LogP contribution in [0, 0.1) is 5.92 Å². The van der Waals surface area contributed by atoms with Gasteiger partial charge in [0.2, 0.25) is 5.91 Å². The van der Waals surface area contributed by atoms with Crippen LogP contribution in [0.4, 0.5) is 0 Å². The number of thioether (sulfide) groups is 1. The quantitative estimate of drug-likeness (QED) is 0.504. The molecule has 1 saturated heterocycles. The molecule has 0 unspecified atom stereocenters. The van der Waals surface area contributed by atoms with E-state index in [4.69, 9.17) is 12.2 Å².